The van der Waals surface area contributed by atoms with Crippen molar-refractivity contribution in [3.8, 4) is 5.75 Å². The fraction of sp³-hybridized carbons (Fsp3) is 0.455. The Balaban J connectivity index is 2.42. The van der Waals surface area contributed by atoms with Gasteiger partial charge in [0.1, 0.15) is 18.0 Å². The largest absolute Gasteiger partial charge is 0.496 e. The van der Waals surface area contributed by atoms with Crippen LogP contribution >= 0.6 is 0 Å². The average Bonchev–Trinajstić information content (AvgIpc) is 2.20. The third kappa shape index (κ3) is 1.13. The first-order valence-electron chi connectivity index (χ1n) is 4.55. The third-order valence-corrected chi connectivity index (χ3v) is 2.69. The molecule has 0 amide bonds. The monoisotopic (exact) mass is 194 g/mol. The molecule has 1 aromatic rings. The molecule has 0 aliphatic heterocycles. The first kappa shape index (κ1) is 9.49. The summed E-state index contributed by atoms with van der Waals surface area (Å²) in [6.07, 6.45) is 0.0521. The van der Waals surface area contributed by atoms with Crippen molar-refractivity contribution in [2.75, 3.05) is 21.3 Å². The lowest BCUT2D eigenvalue weighted by Crippen LogP contribution is -2.27. The maximum absolute atomic E-state index is 5.35. The highest BCUT2D eigenvalue weighted by molar-refractivity contribution is 5.50. The predicted molar refractivity (Wildman–Crippen MR) is 52.5 cm³/mol. The first-order chi connectivity index (χ1) is 6.83. The van der Waals surface area contributed by atoms with E-state index in [1.54, 1.807) is 21.3 Å². The van der Waals surface area contributed by atoms with E-state index in [1.165, 1.54) is 5.56 Å². The Morgan fingerprint density at radius 2 is 1.71 bits per heavy atom. The highest BCUT2D eigenvalue weighted by Gasteiger charge is 2.40. The number of benzene rings is 1. The normalized spacial score (nSPS) is 23.9. The van der Waals surface area contributed by atoms with Crippen molar-refractivity contribution < 1.29 is 14.2 Å². The molecule has 14 heavy (non-hydrogen) atoms. The topological polar surface area (TPSA) is 27.7 Å². The smallest absolute Gasteiger partial charge is 0.125 e. The molecule has 0 fully saturated rings. The predicted octanol–water partition coefficient (Wildman–Crippen LogP) is 2.08. The fourth-order valence-electron chi connectivity index (χ4n) is 2.00. The van der Waals surface area contributed by atoms with Gasteiger partial charge in [-0.15, -0.1) is 0 Å². The molecule has 76 valence electrons. The molecule has 0 radical (unpaired) electrons. The minimum Gasteiger partial charge on any atom is -0.496 e. The molecule has 0 bridgehead atoms. The minimum atomic E-state index is 0.00569. The molecule has 3 heteroatoms. The van der Waals surface area contributed by atoms with Crippen LogP contribution in [0.5, 0.6) is 5.75 Å². The van der Waals surface area contributed by atoms with Crippen molar-refractivity contribution in [1.29, 1.82) is 0 Å². The summed E-state index contributed by atoms with van der Waals surface area (Å²) in [6.45, 7) is 0. The molecule has 2 rings (SSSR count). The molecular formula is C11H14O3. The van der Waals surface area contributed by atoms with Crippen LogP contribution in [0.1, 0.15) is 23.3 Å². The molecule has 1 aliphatic rings. The molecule has 0 saturated heterocycles. The van der Waals surface area contributed by atoms with Crippen molar-refractivity contribution in [2.45, 2.75) is 12.2 Å². The van der Waals surface area contributed by atoms with Crippen LogP contribution in [0.3, 0.4) is 0 Å². The van der Waals surface area contributed by atoms with Gasteiger partial charge < -0.3 is 14.2 Å². The molecule has 1 aliphatic carbocycles. The van der Waals surface area contributed by atoms with Crippen LogP contribution in [-0.2, 0) is 9.47 Å². The summed E-state index contributed by atoms with van der Waals surface area (Å²) in [7, 11) is 5.05. The van der Waals surface area contributed by atoms with Crippen LogP contribution in [0.25, 0.3) is 0 Å². The lowest BCUT2D eigenvalue weighted by atomic mass is 9.81. The van der Waals surface area contributed by atoms with E-state index >= 15 is 0 Å². The van der Waals surface area contributed by atoms with Gasteiger partial charge >= 0.3 is 0 Å². The van der Waals surface area contributed by atoms with Crippen LogP contribution in [0.15, 0.2) is 18.2 Å². The quantitative estimate of drug-likeness (QED) is 0.737. The molecule has 0 unspecified atom stereocenters. The zero-order chi connectivity index (χ0) is 10.1. The van der Waals surface area contributed by atoms with Gasteiger partial charge in [-0.1, -0.05) is 12.1 Å². The van der Waals surface area contributed by atoms with Gasteiger partial charge in [-0.25, -0.2) is 0 Å². The summed E-state index contributed by atoms with van der Waals surface area (Å²) in [5, 5.41) is 0. The Bertz CT molecular complexity index is 335. The van der Waals surface area contributed by atoms with Crippen LogP contribution < -0.4 is 4.74 Å². The van der Waals surface area contributed by atoms with Crippen molar-refractivity contribution in [3.05, 3.63) is 29.3 Å². The average molecular weight is 194 g/mol. The van der Waals surface area contributed by atoms with Gasteiger partial charge in [-0.2, -0.15) is 0 Å². The third-order valence-electron chi connectivity index (χ3n) is 2.69. The number of rotatable bonds is 3. The Hall–Kier alpha value is -1.06. The second-order valence-corrected chi connectivity index (χ2v) is 3.28. The maximum Gasteiger partial charge on any atom is 0.125 e. The molecule has 0 spiro atoms. The second-order valence-electron chi connectivity index (χ2n) is 3.28. The number of fused-ring (bicyclic) bond motifs is 1. The number of hydrogen-bond donors (Lipinski definition) is 0. The summed E-state index contributed by atoms with van der Waals surface area (Å²) in [5.74, 6) is 0.877. The van der Waals surface area contributed by atoms with E-state index in [0.717, 1.165) is 11.3 Å². The summed E-state index contributed by atoms with van der Waals surface area (Å²) in [4.78, 5) is 0. The van der Waals surface area contributed by atoms with Crippen LogP contribution in [0.2, 0.25) is 0 Å². The van der Waals surface area contributed by atoms with Crippen molar-refractivity contribution in [3.63, 3.8) is 0 Å². The molecular weight excluding hydrogens is 180 g/mol. The van der Waals surface area contributed by atoms with E-state index in [0.29, 0.717) is 0 Å². The Morgan fingerprint density at radius 3 is 2.29 bits per heavy atom. The van der Waals surface area contributed by atoms with Gasteiger partial charge in [0.05, 0.1) is 7.11 Å². The van der Waals surface area contributed by atoms with Crippen LogP contribution in [0, 0.1) is 0 Å². The van der Waals surface area contributed by atoms with Crippen LogP contribution in [0.4, 0.5) is 0 Å². The molecule has 0 heterocycles. The van der Waals surface area contributed by atoms with E-state index in [-0.39, 0.29) is 12.2 Å². The van der Waals surface area contributed by atoms with Crippen molar-refractivity contribution in [1.82, 2.24) is 0 Å². The summed E-state index contributed by atoms with van der Waals surface area (Å²) >= 11 is 0. The Labute approximate surface area is 83.6 Å². The Kier molecular flexibility index (Phi) is 2.44. The van der Waals surface area contributed by atoms with Crippen molar-refractivity contribution in [2.24, 2.45) is 0 Å². The number of hydrogen-bond acceptors (Lipinski definition) is 3. The van der Waals surface area contributed by atoms with E-state index in [2.05, 4.69) is 0 Å². The number of methoxy groups -OCH3 is 3. The van der Waals surface area contributed by atoms with E-state index in [4.69, 9.17) is 14.2 Å². The van der Waals surface area contributed by atoms with E-state index in [1.807, 2.05) is 18.2 Å². The highest BCUT2D eigenvalue weighted by Crippen LogP contribution is 2.51. The van der Waals surface area contributed by atoms with Gasteiger partial charge in [0.2, 0.25) is 0 Å². The lowest BCUT2D eigenvalue weighted by molar-refractivity contribution is -0.0666. The fourth-order valence-corrected chi connectivity index (χ4v) is 2.00. The summed E-state index contributed by atoms with van der Waals surface area (Å²) in [6, 6.07) is 5.95. The van der Waals surface area contributed by atoms with E-state index < -0.39 is 0 Å². The molecule has 1 aromatic carbocycles. The number of ether oxygens (including phenoxy) is 3. The van der Waals surface area contributed by atoms with Crippen LogP contribution in [-0.4, -0.2) is 21.3 Å². The standard InChI is InChI=1S/C11H14O3/c1-12-8-6-4-5-7-9(8)11(14-3)10(7)13-2/h4-6,10-11H,1-3H3/t10-,11+/m1/s1. The zero-order valence-electron chi connectivity index (χ0n) is 8.61. The molecule has 2 atom stereocenters. The Morgan fingerprint density at radius 1 is 1.00 bits per heavy atom. The van der Waals surface area contributed by atoms with Gasteiger partial charge in [-0.3, -0.25) is 0 Å². The molecule has 3 nitrogen and oxygen atoms in total. The zero-order valence-corrected chi connectivity index (χ0v) is 8.61. The van der Waals surface area contributed by atoms with Gasteiger partial charge in [0.25, 0.3) is 0 Å². The van der Waals surface area contributed by atoms with E-state index in [9.17, 15) is 0 Å². The SMILES string of the molecule is COc1cccc2c1[C@H](OC)[C@@H]2OC. The molecule has 0 aromatic heterocycles. The van der Waals surface area contributed by atoms with Crippen molar-refractivity contribution >= 4 is 0 Å². The summed E-state index contributed by atoms with van der Waals surface area (Å²) < 4.78 is 16.0. The highest BCUT2D eigenvalue weighted by atomic mass is 16.5. The van der Waals surface area contributed by atoms with Gasteiger partial charge in [-0.05, 0) is 11.6 Å². The molecule has 0 saturated carbocycles. The summed E-state index contributed by atoms with van der Waals surface area (Å²) in [5.41, 5.74) is 2.28. The lowest BCUT2D eigenvalue weighted by Gasteiger charge is -2.38. The van der Waals surface area contributed by atoms with Gasteiger partial charge in [0, 0.05) is 19.8 Å². The maximum atomic E-state index is 5.35. The first-order valence-corrected chi connectivity index (χ1v) is 4.55. The molecule has 0 N–H and O–H groups in total. The minimum absolute atomic E-state index is 0.00569. The van der Waals surface area contributed by atoms with Gasteiger partial charge in [0.15, 0.2) is 0 Å². The second kappa shape index (κ2) is 3.59.